The maximum absolute atomic E-state index is 11.1. The van der Waals surface area contributed by atoms with Gasteiger partial charge in [0.2, 0.25) is 10.0 Å². The lowest BCUT2D eigenvalue weighted by molar-refractivity contribution is 0.281. The van der Waals surface area contributed by atoms with Gasteiger partial charge in [0.25, 0.3) is 0 Å². The summed E-state index contributed by atoms with van der Waals surface area (Å²) in [4.78, 5) is 0. The minimum Gasteiger partial charge on any atom is -0.382 e. The van der Waals surface area contributed by atoms with Gasteiger partial charge >= 0.3 is 0 Å². The van der Waals surface area contributed by atoms with Crippen LogP contribution in [0.25, 0.3) is 0 Å². The van der Waals surface area contributed by atoms with Gasteiger partial charge in [0.05, 0.1) is 6.26 Å². The minimum atomic E-state index is -3.20. The summed E-state index contributed by atoms with van der Waals surface area (Å²) in [6.45, 7) is 4.62. The van der Waals surface area contributed by atoms with Crippen LogP contribution in [0.4, 0.5) is 11.4 Å². The third kappa shape index (κ3) is 4.71. The number of hydrogen-bond donors (Lipinski definition) is 2. The molecule has 2 unspecified atom stereocenters. The number of nitrogens with one attached hydrogen (secondary N) is 2. The number of benzene rings is 1. The van der Waals surface area contributed by atoms with E-state index in [2.05, 4.69) is 23.9 Å². The van der Waals surface area contributed by atoms with Gasteiger partial charge in [-0.25, -0.2) is 8.42 Å². The molecule has 0 bridgehead atoms. The zero-order chi connectivity index (χ0) is 14.8. The Balaban J connectivity index is 1.97. The molecule has 0 amide bonds. The van der Waals surface area contributed by atoms with E-state index < -0.39 is 10.0 Å². The molecular weight excluding hydrogens is 272 g/mol. The SMILES string of the molecule is CC1CC(C)CC(Nc2ccc(NS(C)(=O)=O)cc2)C1. The largest absolute Gasteiger partial charge is 0.382 e. The lowest BCUT2D eigenvalue weighted by Gasteiger charge is -2.32. The zero-order valence-corrected chi connectivity index (χ0v) is 13.2. The van der Waals surface area contributed by atoms with Crippen molar-refractivity contribution in [3.05, 3.63) is 24.3 Å². The highest BCUT2D eigenvalue weighted by Gasteiger charge is 2.23. The first kappa shape index (κ1) is 15.2. The Labute approximate surface area is 122 Å². The van der Waals surface area contributed by atoms with Crippen LogP contribution in [0.3, 0.4) is 0 Å². The lowest BCUT2D eigenvalue weighted by Crippen LogP contribution is -2.30. The molecule has 5 heteroatoms. The molecule has 0 aromatic heterocycles. The molecular formula is C15H24N2O2S. The quantitative estimate of drug-likeness (QED) is 0.896. The Morgan fingerprint density at radius 2 is 1.45 bits per heavy atom. The molecule has 1 aromatic rings. The fraction of sp³-hybridized carbons (Fsp3) is 0.600. The van der Waals surface area contributed by atoms with Crippen LogP contribution in [0.5, 0.6) is 0 Å². The molecule has 2 atom stereocenters. The first-order valence-electron chi connectivity index (χ1n) is 7.16. The highest BCUT2D eigenvalue weighted by molar-refractivity contribution is 7.92. The molecule has 0 heterocycles. The Morgan fingerprint density at radius 3 is 1.95 bits per heavy atom. The van der Waals surface area contributed by atoms with E-state index in [9.17, 15) is 8.42 Å². The Kier molecular flexibility index (Phi) is 4.58. The van der Waals surface area contributed by atoms with E-state index in [4.69, 9.17) is 0 Å². The van der Waals surface area contributed by atoms with E-state index in [1.54, 1.807) is 12.1 Å². The van der Waals surface area contributed by atoms with Gasteiger partial charge in [0, 0.05) is 17.4 Å². The third-order valence-electron chi connectivity index (χ3n) is 3.74. The maximum atomic E-state index is 11.1. The molecule has 0 radical (unpaired) electrons. The smallest absolute Gasteiger partial charge is 0.229 e. The summed E-state index contributed by atoms with van der Waals surface area (Å²) in [5, 5.41) is 3.55. The van der Waals surface area contributed by atoms with Gasteiger partial charge in [-0.05, 0) is 55.4 Å². The van der Waals surface area contributed by atoms with Crippen molar-refractivity contribution in [3.63, 3.8) is 0 Å². The second-order valence-electron chi connectivity index (χ2n) is 6.21. The fourth-order valence-corrected chi connectivity index (χ4v) is 3.71. The molecule has 1 aromatic carbocycles. The van der Waals surface area contributed by atoms with Gasteiger partial charge in [-0.3, -0.25) is 4.72 Å². The lowest BCUT2D eigenvalue weighted by atomic mass is 9.80. The molecule has 20 heavy (non-hydrogen) atoms. The number of rotatable bonds is 4. The first-order chi connectivity index (χ1) is 9.32. The number of anilines is 2. The Morgan fingerprint density at radius 1 is 0.950 bits per heavy atom. The summed E-state index contributed by atoms with van der Waals surface area (Å²) >= 11 is 0. The molecule has 4 nitrogen and oxygen atoms in total. The summed E-state index contributed by atoms with van der Waals surface area (Å²) in [5.41, 5.74) is 1.65. The molecule has 0 saturated heterocycles. The van der Waals surface area contributed by atoms with Crippen molar-refractivity contribution in [3.8, 4) is 0 Å². The van der Waals surface area contributed by atoms with Gasteiger partial charge < -0.3 is 5.32 Å². The second-order valence-corrected chi connectivity index (χ2v) is 7.96. The summed E-state index contributed by atoms with van der Waals surface area (Å²) in [7, 11) is -3.20. The fourth-order valence-electron chi connectivity index (χ4n) is 3.15. The summed E-state index contributed by atoms with van der Waals surface area (Å²) in [6.07, 6.45) is 4.88. The summed E-state index contributed by atoms with van der Waals surface area (Å²) < 4.78 is 24.8. The van der Waals surface area contributed by atoms with E-state index in [-0.39, 0.29) is 0 Å². The van der Waals surface area contributed by atoms with Crippen molar-refractivity contribution in [2.75, 3.05) is 16.3 Å². The third-order valence-corrected chi connectivity index (χ3v) is 4.34. The molecule has 1 aliphatic rings. The van der Waals surface area contributed by atoms with Crippen molar-refractivity contribution in [2.45, 2.75) is 39.2 Å². The van der Waals surface area contributed by atoms with Crippen LogP contribution in [-0.2, 0) is 10.0 Å². The second kappa shape index (κ2) is 6.04. The van der Waals surface area contributed by atoms with Gasteiger partial charge in [0.1, 0.15) is 0 Å². The number of sulfonamides is 1. The Bertz CT molecular complexity index is 529. The van der Waals surface area contributed by atoms with Crippen molar-refractivity contribution in [1.82, 2.24) is 0 Å². The highest BCUT2D eigenvalue weighted by Crippen LogP contribution is 2.30. The predicted octanol–water partition coefficient (Wildman–Crippen LogP) is 3.29. The summed E-state index contributed by atoms with van der Waals surface area (Å²) in [6, 6.07) is 7.95. The molecule has 1 fully saturated rings. The van der Waals surface area contributed by atoms with Crippen LogP contribution in [0.2, 0.25) is 0 Å². The van der Waals surface area contributed by atoms with Gasteiger partial charge in [-0.1, -0.05) is 13.8 Å². The van der Waals surface area contributed by atoms with E-state index in [1.807, 2.05) is 12.1 Å². The van der Waals surface area contributed by atoms with Crippen LogP contribution < -0.4 is 10.0 Å². The van der Waals surface area contributed by atoms with Crippen LogP contribution >= 0.6 is 0 Å². The summed E-state index contributed by atoms with van der Waals surface area (Å²) in [5.74, 6) is 1.53. The monoisotopic (exact) mass is 296 g/mol. The molecule has 112 valence electrons. The first-order valence-corrected chi connectivity index (χ1v) is 9.05. The van der Waals surface area contributed by atoms with E-state index in [0.29, 0.717) is 11.7 Å². The van der Waals surface area contributed by atoms with Gasteiger partial charge in [-0.2, -0.15) is 0 Å². The van der Waals surface area contributed by atoms with E-state index >= 15 is 0 Å². The standard InChI is InChI=1S/C15H24N2O2S/c1-11-8-12(2)10-15(9-11)16-13-4-6-14(7-5-13)17-20(3,18)19/h4-7,11-12,15-17H,8-10H2,1-3H3. The van der Waals surface area contributed by atoms with Crippen molar-refractivity contribution in [2.24, 2.45) is 11.8 Å². The van der Waals surface area contributed by atoms with Crippen LogP contribution in [0.15, 0.2) is 24.3 Å². The van der Waals surface area contributed by atoms with Crippen molar-refractivity contribution in [1.29, 1.82) is 0 Å². The normalized spacial score (nSPS) is 27.1. The average Bonchev–Trinajstić information content (AvgIpc) is 2.28. The molecule has 0 aliphatic heterocycles. The predicted molar refractivity (Wildman–Crippen MR) is 84.5 cm³/mol. The number of hydrogen-bond acceptors (Lipinski definition) is 3. The highest BCUT2D eigenvalue weighted by atomic mass is 32.2. The van der Waals surface area contributed by atoms with E-state index in [0.717, 1.165) is 23.8 Å². The van der Waals surface area contributed by atoms with E-state index in [1.165, 1.54) is 19.3 Å². The van der Waals surface area contributed by atoms with Crippen LogP contribution in [0, 0.1) is 11.8 Å². The van der Waals surface area contributed by atoms with Crippen molar-refractivity contribution < 1.29 is 8.42 Å². The molecule has 1 aliphatic carbocycles. The zero-order valence-electron chi connectivity index (χ0n) is 12.4. The van der Waals surface area contributed by atoms with Gasteiger partial charge in [-0.15, -0.1) is 0 Å². The molecule has 2 rings (SSSR count). The van der Waals surface area contributed by atoms with Crippen LogP contribution in [0.1, 0.15) is 33.1 Å². The van der Waals surface area contributed by atoms with Crippen molar-refractivity contribution >= 4 is 21.4 Å². The topological polar surface area (TPSA) is 58.2 Å². The average molecular weight is 296 g/mol. The maximum Gasteiger partial charge on any atom is 0.229 e. The molecule has 1 saturated carbocycles. The molecule has 0 spiro atoms. The molecule has 2 N–H and O–H groups in total. The minimum absolute atomic E-state index is 0.516. The van der Waals surface area contributed by atoms with Crippen LogP contribution in [-0.4, -0.2) is 20.7 Å². The van der Waals surface area contributed by atoms with Gasteiger partial charge in [0.15, 0.2) is 0 Å². The Hall–Kier alpha value is -1.23.